The van der Waals surface area contributed by atoms with Crippen LogP contribution in [0.2, 0.25) is 0 Å². The van der Waals surface area contributed by atoms with E-state index in [0.29, 0.717) is 12.8 Å². The second-order valence-electron chi connectivity index (χ2n) is 8.49. The molecule has 1 aliphatic heterocycles. The van der Waals surface area contributed by atoms with Crippen molar-refractivity contribution >= 4 is 5.78 Å². The number of carbonyl (C=O) groups is 1. The molecule has 8 nitrogen and oxygen atoms in total. The summed E-state index contributed by atoms with van der Waals surface area (Å²) in [5.74, 6) is -0.222. The molecule has 1 aliphatic carbocycles. The highest BCUT2D eigenvalue weighted by molar-refractivity contribution is 5.87. The fourth-order valence-electron chi connectivity index (χ4n) is 4.17. The van der Waals surface area contributed by atoms with E-state index in [1.165, 1.54) is 19.1 Å². The maximum Gasteiger partial charge on any atom is 0.187 e. The summed E-state index contributed by atoms with van der Waals surface area (Å²) in [5.41, 5.74) is -3.43. The zero-order valence-corrected chi connectivity index (χ0v) is 16.3. The van der Waals surface area contributed by atoms with Crippen molar-refractivity contribution in [1.82, 2.24) is 0 Å². The Hall–Kier alpha value is -0.870. The minimum Gasteiger partial charge on any atom is -0.394 e. The van der Waals surface area contributed by atoms with Crippen LogP contribution in [0.3, 0.4) is 0 Å². The summed E-state index contributed by atoms with van der Waals surface area (Å²) >= 11 is 0. The van der Waals surface area contributed by atoms with Gasteiger partial charge in [-0.05, 0) is 50.7 Å². The summed E-state index contributed by atoms with van der Waals surface area (Å²) in [7, 11) is 0. The molecule has 156 valence electrons. The molecule has 5 N–H and O–H groups in total. The molecule has 8 heteroatoms. The van der Waals surface area contributed by atoms with Crippen LogP contribution in [0.1, 0.15) is 47.0 Å². The first kappa shape index (κ1) is 22.4. The van der Waals surface area contributed by atoms with Gasteiger partial charge < -0.3 is 35.0 Å². The molecule has 2 fully saturated rings. The molecule has 0 aromatic rings. The number of aliphatic hydroxyl groups excluding tert-OH is 4. The fraction of sp³-hybridized carbons (Fsp3) is 0.842. The van der Waals surface area contributed by atoms with Crippen molar-refractivity contribution in [2.24, 2.45) is 5.41 Å². The standard InChI is InChI=1S/C19H32O8/c1-11(21)6-9-19(25)17(2,3)7-5-8-18(19,4)27-16-15(24)14(23)13(22)12(10-20)26-16/h6,9,12-16,20,22-25H,5,7-8,10H2,1-4H3/b9-6+/t12-,13-,14+,15-,16+,18-,19-/m1/s1. The minimum absolute atomic E-state index is 0.222. The van der Waals surface area contributed by atoms with Gasteiger partial charge in [-0.25, -0.2) is 0 Å². The Morgan fingerprint density at radius 2 is 1.78 bits per heavy atom. The van der Waals surface area contributed by atoms with Crippen LogP contribution in [-0.2, 0) is 14.3 Å². The van der Waals surface area contributed by atoms with Crippen molar-refractivity contribution < 1.29 is 39.8 Å². The van der Waals surface area contributed by atoms with Crippen molar-refractivity contribution in [3.63, 3.8) is 0 Å². The Morgan fingerprint density at radius 1 is 1.15 bits per heavy atom. The van der Waals surface area contributed by atoms with E-state index in [2.05, 4.69) is 0 Å². The lowest BCUT2D eigenvalue weighted by Crippen LogP contribution is -2.67. The molecule has 1 saturated heterocycles. The van der Waals surface area contributed by atoms with Crippen LogP contribution >= 0.6 is 0 Å². The number of aliphatic hydroxyl groups is 5. The molecule has 27 heavy (non-hydrogen) atoms. The van der Waals surface area contributed by atoms with Gasteiger partial charge in [0.25, 0.3) is 0 Å². The first-order chi connectivity index (χ1) is 12.4. The molecule has 2 rings (SSSR count). The van der Waals surface area contributed by atoms with Crippen LogP contribution in [0.25, 0.3) is 0 Å². The van der Waals surface area contributed by atoms with Gasteiger partial charge >= 0.3 is 0 Å². The fourth-order valence-corrected chi connectivity index (χ4v) is 4.17. The van der Waals surface area contributed by atoms with E-state index in [9.17, 15) is 30.3 Å². The van der Waals surface area contributed by atoms with E-state index >= 15 is 0 Å². The van der Waals surface area contributed by atoms with E-state index in [1.54, 1.807) is 6.92 Å². The van der Waals surface area contributed by atoms with Crippen molar-refractivity contribution in [2.45, 2.75) is 88.9 Å². The molecular weight excluding hydrogens is 356 g/mol. The third-order valence-electron chi connectivity index (χ3n) is 6.08. The smallest absolute Gasteiger partial charge is 0.187 e. The maximum absolute atomic E-state index is 11.6. The Kier molecular flexibility index (Phi) is 6.53. The SMILES string of the molecule is CC(=O)/C=C/[C@@]1(O)C(C)(C)CCC[C@@]1(C)O[C@@H]1O[C@H](CO)[C@@H](O)[C@H](O)[C@H]1O. The van der Waals surface area contributed by atoms with E-state index < -0.39 is 53.9 Å². The molecule has 1 heterocycles. The quantitative estimate of drug-likeness (QED) is 0.403. The van der Waals surface area contributed by atoms with Gasteiger partial charge in [-0.3, -0.25) is 4.79 Å². The molecule has 1 saturated carbocycles. The average molecular weight is 388 g/mol. The number of ether oxygens (including phenoxy) is 2. The first-order valence-electron chi connectivity index (χ1n) is 9.29. The summed E-state index contributed by atoms with van der Waals surface area (Å²) in [5, 5.41) is 51.1. The molecule has 2 aliphatic rings. The first-order valence-corrected chi connectivity index (χ1v) is 9.29. The maximum atomic E-state index is 11.6. The van der Waals surface area contributed by atoms with Gasteiger partial charge in [-0.1, -0.05) is 13.8 Å². The van der Waals surface area contributed by atoms with Crippen LogP contribution in [0.5, 0.6) is 0 Å². The highest BCUT2D eigenvalue weighted by atomic mass is 16.7. The van der Waals surface area contributed by atoms with Crippen LogP contribution < -0.4 is 0 Å². The van der Waals surface area contributed by atoms with Crippen LogP contribution in [0, 0.1) is 5.41 Å². The lowest BCUT2D eigenvalue weighted by molar-refractivity contribution is -0.352. The minimum atomic E-state index is -1.57. The molecule has 0 radical (unpaired) electrons. The van der Waals surface area contributed by atoms with E-state index in [-0.39, 0.29) is 5.78 Å². The average Bonchev–Trinajstić information content (AvgIpc) is 2.58. The Bertz CT molecular complexity index is 574. The summed E-state index contributed by atoms with van der Waals surface area (Å²) in [6.07, 6.45) is -2.52. The largest absolute Gasteiger partial charge is 0.394 e. The molecule has 0 spiro atoms. The monoisotopic (exact) mass is 388 g/mol. The zero-order chi connectivity index (χ0) is 20.6. The molecule has 7 atom stereocenters. The van der Waals surface area contributed by atoms with Crippen molar-refractivity contribution in [1.29, 1.82) is 0 Å². The summed E-state index contributed by atoms with van der Waals surface area (Å²) < 4.78 is 11.5. The number of rotatable bonds is 5. The van der Waals surface area contributed by atoms with Crippen LogP contribution in [0.15, 0.2) is 12.2 Å². The summed E-state index contributed by atoms with van der Waals surface area (Å²) in [4.78, 5) is 11.5. The van der Waals surface area contributed by atoms with Crippen molar-refractivity contribution in [3.05, 3.63) is 12.2 Å². The molecule has 0 amide bonds. The molecular formula is C19H32O8. The third-order valence-corrected chi connectivity index (χ3v) is 6.08. The lowest BCUT2D eigenvalue weighted by Gasteiger charge is -2.57. The van der Waals surface area contributed by atoms with Gasteiger partial charge in [0, 0.05) is 0 Å². The molecule has 0 unspecified atom stereocenters. The van der Waals surface area contributed by atoms with Gasteiger partial charge in [0.15, 0.2) is 12.1 Å². The van der Waals surface area contributed by atoms with Gasteiger partial charge in [-0.2, -0.15) is 0 Å². The van der Waals surface area contributed by atoms with Gasteiger partial charge in [0.05, 0.1) is 6.61 Å². The Morgan fingerprint density at radius 3 is 2.33 bits per heavy atom. The predicted molar refractivity (Wildman–Crippen MR) is 95.7 cm³/mol. The highest BCUT2D eigenvalue weighted by Crippen LogP contribution is 2.52. The van der Waals surface area contributed by atoms with Gasteiger partial charge in [-0.15, -0.1) is 0 Å². The predicted octanol–water partition coefficient (Wildman–Crippen LogP) is -0.352. The van der Waals surface area contributed by atoms with Crippen LogP contribution in [-0.4, -0.2) is 79.8 Å². The summed E-state index contributed by atoms with van der Waals surface area (Å²) in [6.45, 7) is 6.21. The van der Waals surface area contributed by atoms with Crippen LogP contribution in [0.4, 0.5) is 0 Å². The van der Waals surface area contributed by atoms with Crippen molar-refractivity contribution in [2.75, 3.05) is 6.61 Å². The second kappa shape index (κ2) is 7.87. The topological polar surface area (TPSA) is 137 Å². The van der Waals surface area contributed by atoms with E-state index in [0.717, 1.165) is 6.42 Å². The summed E-state index contributed by atoms with van der Waals surface area (Å²) in [6, 6.07) is 0. The number of hydrogen-bond acceptors (Lipinski definition) is 8. The zero-order valence-electron chi connectivity index (χ0n) is 16.3. The number of allylic oxidation sites excluding steroid dienone is 1. The molecule has 0 bridgehead atoms. The molecule has 0 aromatic heterocycles. The highest BCUT2D eigenvalue weighted by Gasteiger charge is 2.60. The van der Waals surface area contributed by atoms with E-state index in [1.807, 2.05) is 13.8 Å². The number of ketones is 1. The number of carbonyl (C=O) groups excluding carboxylic acids is 1. The number of hydrogen-bond donors (Lipinski definition) is 5. The Balaban J connectivity index is 2.36. The normalized spacial score (nSPS) is 45.1. The van der Waals surface area contributed by atoms with Gasteiger partial charge in [0.1, 0.15) is 35.6 Å². The van der Waals surface area contributed by atoms with Crippen molar-refractivity contribution in [3.8, 4) is 0 Å². The molecule has 0 aromatic carbocycles. The third kappa shape index (κ3) is 3.98. The van der Waals surface area contributed by atoms with E-state index in [4.69, 9.17) is 9.47 Å². The Labute approximate surface area is 159 Å². The lowest BCUT2D eigenvalue weighted by atomic mass is 9.58. The van der Waals surface area contributed by atoms with Gasteiger partial charge in [0.2, 0.25) is 0 Å². The second-order valence-corrected chi connectivity index (χ2v) is 8.49.